The van der Waals surface area contributed by atoms with Crippen molar-refractivity contribution in [1.29, 1.82) is 0 Å². The van der Waals surface area contributed by atoms with E-state index in [1.807, 2.05) is 24.3 Å². The molecule has 0 aliphatic carbocycles. The molecule has 2 aromatic rings. The van der Waals surface area contributed by atoms with Crippen LogP contribution in [0.1, 0.15) is 49.4 Å². The van der Waals surface area contributed by atoms with Crippen molar-refractivity contribution in [2.45, 2.75) is 39.2 Å². The first-order valence-corrected chi connectivity index (χ1v) is 9.17. The number of fused-ring (bicyclic) bond motifs is 1. The zero-order chi connectivity index (χ0) is 17.1. The maximum atomic E-state index is 13.1. The molecule has 2 aromatic carbocycles. The monoisotopic (exact) mass is 341 g/mol. The summed E-state index contributed by atoms with van der Waals surface area (Å²) in [5.41, 5.74) is 3.71. The first kappa shape index (κ1) is 17.0. The molecule has 1 aliphatic heterocycles. The van der Waals surface area contributed by atoms with E-state index in [2.05, 4.69) is 43.0 Å². The van der Waals surface area contributed by atoms with Crippen LogP contribution in [0.2, 0.25) is 5.02 Å². The third-order valence-corrected chi connectivity index (χ3v) is 5.34. The summed E-state index contributed by atoms with van der Waals surface area (Å²) in [6.07, 6.45) is 2.70. The van der Waals surface area contributed by atoms with Gasteiger partial charge in [-0.3, -0.25) is 4.79 Å². The van der Waals surface area contributed by atoms with Gasteiger partial charge in [-0.1, -0.05) is 61.8 Å². The minimum atomic E-state index is -0.0136. The second kappa shape index (κ2) is 7.40. The fourth-order valence-electron chi connectivity index (χ4n) is 3.68. The molecular formula is C21H24ClNO. The standard InChI is InChI=1S/C21H24ClNO/c1-3-15(4-2)21(24)23-14-13-16-7-5-6-8-19(16)20(23)17-9-11-18(22)12-10-17/h5-12,15,20H,3-4,13-14H2,1-2H3/t20-/m0/s1. The van der Waals surface area contributed by atoms with Crippen LogP contribution in [0, 0.1) is 5.92 Å². The van der Waals surface area contributed by atoms with Crippen molar-refractivity contribution in [3.05, 3.63) is 70.2 Å². The lowest BCUT2D eigenvalue weighted by molar-refractivity contribution is -0.137. The van der Waals surface area contributed by atoms with Gasteiger partial charge in [0, 0.05) is 17.5 Å². The number of carbonyl (C=O) groups is 1. The molecule has 0 saturated heterocycles. The number of hydrogen-bond donors (Lipinski definition) is 0. The van der Waals surface area contributed by atoms with Gasteiger partial charge in [-0.15, -0.1) is 0 Å². The first-order valence-electron chi connectivity index (χ1n) is 8.79. The normalized spacial score (nSPS) is 17.0. The summed E-state index contributed by atoms with van der Waals surface area (Å²) in [4.78, 5) is 15.2. The lowest BCUT2D eigenvalue weighted by atomic mass is 9.87. The van der Waals surface area contributed by atoms with Crippen LogP contribution < -0.4 is 0 Å². The molecule has 126 valence electrons. The van der Waals surface area contributed by atoms with Crippen LogP contribution in [0.15, 0.2) is 48.5 Å². The number of amides is 1. The van der Waals surface area contributed by atoms with E-state index in [9.17, 15) is 4.79 Å². The molecule has 2 nitrogen and oxygen atoms in total. The second-order valence-corrected chi connectivity index (χ2v) is 6.88. The second-order valence-electron chi connectivity index (χ2n) is 6.45. The number of nitrogens with zero attached hydrogens (tertiary/aromatic N) is 1. The Hall–Kier alpha value is -1.80. The van der Waals surface area contributed by atoms with Gasteiger partial charge in [0.25, 0.3) is 0 Å². The number of rotatable bonds is 4. The van der Waals surface area contributed by atoms with Crippen LogP contribution in [0.25, 0.3) is 0 Å². The quantitative estimate of drug-likeness (QED) is 0.743. The van der Waals surface area contributed by atoms with E-state index in [4.69, 9.17) is 11.6 Å². The minimum absolute atomic E-state index is 0.0136. The highest BCUT2D eigenvalue weighted by Crippen LogP contribution is 2.36. The number of halogens is 1. The van der Waals surface area contributed by atoms with Gasteiger partial charge in [-0.2, -0.15) is 0 Å². The Kier molecular flexibility index (Phi) is 5.25. The van der Waals surface area contributed by atoms with E-state index < -0.39 is 0 Å². The number of carbonyl (C=O) groups excluding carboxylic acids is 1. The molecule has 1 atom stereocenters. The van der Waals surface area contributed by atoms with Crippen LogP contribution in [-0.4, -0.2) is 17.4 Å². The Labute approximate surface area is 149 Å². The predicted molar refractivity (Wildman–Crippen MR) is 99.2 cm³/mol. The van der Waals surface area contributed by atoms with Gasteiger partial charge >= 0.3 is 0 Å². The molecule has 1 aliphatic rings. The van der Waals surface area contributed by atoms with E-state index in [0.717, 1.165) is 36.4 Å². The van der Waals surface area contributed by atoms with Crippen molar-refractivity contribution >= 4 is 17.5 Å². The molecule has 0 N–H and O–H groups in total. The van der Waals surface area contributed by atoms with Crippen LogP contribution >= 0.6 is 11.6 Å². The van der Waals surface area contributed by atoms with Crippen molar-refractivity contribution < 1.29 is 4.79 Å². The molecule has 3 rings (SSSR count). The average molecular weight is 342 g/mol. The zero-order valence-electron chi connectivity index (χ0n) is 14.3. The summed E-state index contributed by atoms with van der Waals surface area (Å²) in [5.74, 6) is 0.375. The number of benzene rings is 2. The minimum Gasteiger partial charge on any atom is -0.331 e. The molecule has 0 fully saturated rings. The van der Waals surface area contributed by atoms with E-state index in [-0.39, 0.29) is 17.9 Å². The summed E-state index contributed by atoms with van der Waals surface area (Å²) < 4.78 is 0. The Morgan fingerprint density at radius 3 is 2.46 bits per heavy atom. The van der Waals surface area contributed by atoms with Crippen molar-refractivity contribution in [2.75, 3.05) is 6.54 Å². The zero-order valence-corrected chi connectivity index (χ0v) is 15.1. The van der Waals surface area contributed by atoms with Gasteiger partial charge in [0.15, 0.2) is 0 Å². The molecular weight excluding hydrogens is 318 g/mol. The van der Waals surface area contributed by atoms with E-state index in [0.29, 0.717) is 0 Å². The third kappa shape index (κ3) is 3.21. The highest BCUT2D eigenvalue weighted by molar-refractivity contribution is 6.30. The average Bonchev–Trinajstić information content (AvgIpc) is 2.62. The van der Waals surface area contributed by atoms with Gasteiger partial charge in [0.2, 0.25) is 5.91 Å². The van der Waals surface area contributed by atoms with E-state index in [1.165, 1.54) is 11.1 Å². The van der Waals surface area contributed by atoms with Crippen molar-refractivity contribution in [3.63, 3.8) is 0 Å². The molecule has 0 radical (unpaired) electrons. The van der Waals surface area contributed by atoms with Crippen molar-refractivity contribution in [2.24, 2.45) is 5.92 Å². The van der Waals surface area contributed by atoms with Crippen molar-refractivity contribution in [3.8, 4) is 0 Å². The van der Waals surface area contributed by atoms with Crippen LogP contribution in [0.5, 0.6) is 0 Å². The van der Waals surface area contributed by atoms with Gasteiger partial charge in [0.1, 0.15) is 0 Å². The predicted octanol–water partition coefficient (Wildman–Crippen LogP) is 5.25. The van der Waals surface area contributed by atoms with Crippen molar-refractivity contribution in [1.82, 2.24) is 4.90 Å². The molecule has 1 amide bonds. The largest absolute Gasteiger partial charge is 0.331 e. The molecule has 24 heavy (non-hydrogen) atoms. The van der Waals surface area contributed by atoms with Gasteiger partial charge < -0.3 is 4.90 Å². The Balaban J connectivity index is 2.05. The van der Waals surface area contributed by atoms with E-state index in [1.54, 1.807) is 0 Å². The molecule has 0 spiro atoms. The summed E-state index contributed by atoms with van der Waals surface area (Å²) in [6, 6.07) is 16.4. The fourth-order valence-corrected chi connectivity index (χ4v) is 3.81. The maximum Gasteiger partial charge on any atom is 0.226 e. The van der Waals surface area contributed by atoms with Gasteiger partial charge in [-0.05, 0) is 48.1 Å². The summed E-state index contributed by atoms with van der Waals surface area (Å²) in [6.45, 7) is 4.97. The summed E-state index contributed by atoms with van der Waals surface area (Å²) in [5, 5.41) is 0.723. The molecule has 0 bridgehead atoms. The van der Waals surface area contributed by atoms with Crippen LogP contribution in [0.4, 0.5) is 0 Å². The third-order valence-electron chi connectivity index (χ3n) is 5.09. The smallest absolute Gasteiger partial charge is 0.226 e. The molecule has 1 heterocycles. The van der Waals surface area contributed by atoms with E-state index >= 15 is 0 Å². The SMILES string of the molecule is CCC(CC)C(=O)N1CCc2ccccc2[C@@H]1c1ccc(Cl)cc1. The molecule has 3 heteroatoms. The molecule has 0 aromatic heterocycles. The Bertz CT molecular complexity index is 706. The van der Waals surface area contributed by atoms with Crippen LogP contribution in [0.3, 0.4) is 0 Å². The van der Waals surface area contributed by atoms with Gasteiger partial charge in [0.05, 0.1) is 6.04 Å². The lowest BCUT2D eigenvalue weighted by Gasteiger charge is -2.39. The maximum absolute atomic E-state index is 13.1. The molecule has 0 unspecified atom stereocenters. The highest BCUT2D eigenvalue weighted by Gasteiger charge is 2.33. The lowest BCUT2D eigenvalue weighted by Crippen LogP contribution is -2.43. The Morgan fingerprint density at radius 1 is 1.12 bits per heavy atom. The number of hydrogen-bond acceptors (Lipinski definition) is 1. The summed E-state index contributed by atoms with van der Waals surface area (Å²) in [7, 11) is 0. The van der Waals surface area contributed by atoms with Crippen LogP contribution in [-0.2, 0) is 11.2 Å². The summed E-state index contributed by atoms with van der Waals surface area (Å²) >= 11 is 6.06. The van der Waals surface area contributed by atoms with Gasteiger partial charge in [-0.25, -0.2) is 0 Å². The Morgan fingerprint density at radius 2 is 1.79 bits per heavy atom. The highest BCUT2D eigenvalue weighted by atomic mass is 35.5. The molecule has 0 saturated carbocycles. The topological polar surface area (TPSA) is 20.3 Å². The first-order chi connectivity index (χ1) is 11.7. The fraction of sp³-hybridized carbons (Fsp3) is 0.381.